The van der Waals surface area contributed by atoms with E-state index in [9.17, 15) is 8.42 Å². The van der Waals surface area contributed by atoms with Crippen molar-refractivity contribution in [1.29, 1.82) is 0 Å². The minimum Gasteiger partial charge on any atom is -0.376 e. The Kier molecular flexibility index (Phi) is 4.72. The Labute approximate surface area is 126 Å². The number of benzene rings is 1. The Balaban J connectivity index is 2.32. The van der Waals surface area contributed by atoms with Gasteiger partial charge in [0.25, 0.3) is 0 Å². The molecule has 2 rings (SSSR count). The fourth-order valence-corrected chi connectivity index (χ4v) is 4.18. The van der Waals surface area contributed by atoms with Gasteiger partial charge in [-0.25, -0.2) is 13.1 Å². The molecule has 0 amide bonds. The molecule has 0 saturated carbocycles. The lowest BCUT2D eigenvalue weighted by Gasteiger charge is -2.28. The van der Waals surface area contributed by atoms with Crippen LogP contribution in [-0.2, 0) is 27.7 Å². The summed E-state index contributed by atoms with van der Waals surface area (Å²) in [7, 11) is -3.58. The van der Waals surface area contributed by atoms with Gasteiger partial charge in [-0.3, -0.25) is 0 Å². The van der Waals surface area contributed by atoms with Gasteiger partial charge in [-0.05, 0) is 49.9 Å². The number of nitrogens with one attached hydrogen (secondary N) is 1. The van der Waals surface area contributed by atoms with Crippen molar-refractivity contribution in [1.82, 2.24) is 4.72 Å². The molecule has 0 radical (unpaired) electrons. The summed E-state index contributed by atoms with van der Waals surface area (Å²) in [5, 5.41) is 0. The van der Waals surface area contributed by atoms with E-state index in [1.165, 1.54) is 0 Å². The smallest absolute Gasteiger partial charge is 0.241 e. The molecule has 1 aromatic rings. The first kappa shape index (κ1) is 16.4. The molecule has 3 N–H and O–H groups in total. The van der Waals surface area contributed by atoms with E-state index >= 15 is 0 Å². The van der Waals surface area contributed by atoms with E-state index in [4.69, 9.17) is 10.5 Å². The SMILES string of the molecule is CCc1ccc(S(=O)(=O)NC2(C)CCOC2C)cc1CN. The summed E-state index contributed by atoms with van der Waals surface area (Å²) in [6, 6.07) is 5.16. The van der Waals surface area contributed by atoms with Crippen LogP contribution in [-0.4, -0.2) is 26.7 Å². The van der Waals surface area contributed by atoms with E-state index < -0.39 is 15.6 Å². The van der Waals surface area contributed by atoms with Gasteiger partial charge in [-0.1, -0.05) is 13.0 Å². The molecule has 2 atom stereocenters. The summed E-state index contributed by atoms with van der Waals surface area (Å²) < 4.78 is 33.5. The predicted octanol–water partition coefficient (Wildman–Crippen LogP) is 1.55. The second-order valence-corrected chi connectivity index (χ2v) is 7.46. The van der Waals surface area contributed by atoms with E-state index in [2.05, 4.69) is 4.72 Å². The van der Waals surface area contributed by atoms with Gasteiger partial charge in [-0.15, -0.1) is 0 Å². The molecule has 1 heterocycles. The highest BCUT2D eigenvalue weighted by Gasteiger charge is 2.40. The summed E-state index contributed by atoms with van der Waals surface area (Å²) in [6.07, 6.45) is 1.36. The van der Waals surface area contributed by atoms with Crippen LogP contribution in [0.15, 0.2) is 23.1 Å². The lowest BCUT2D eigenvalue weighted by molar-refractivity contribution is 0.0957. The van der Waals surface area contributed by atoms with Crippen molar-refractivity contribution >= 4 is 10.0 Å². The number of hydrogen-bond donors (Lipinski definition) is 2. The topological polar surface area (TPSA) is 81.4 Å². The molecule has 1 aromatic carbocycles. The maximum atomic E-state index is 12.6. The van der Waals surface area contributed by atoms with Crippen molar-refractivity contribution in [3.05, 3.63) is 29.3 Å². The zero-order valence-corrected chi connectivity index (χ0v) is 13.7. The molecule has 2 unspecified atom stereocenters. The number of aryl methyl sites for hydroxylation is 1. The van der Waals surface area contributed by atoms with E-state index in [1.807, 2.05) is 26.8 Å². The molecular weight excluding hydrogens is 288 g/mol. The summed E-state index contributed by atoms with van der Waals surface area (Å²) in [5.74, 6) is 0. The maximum absolute atomic E-state index is 12.6. The number of nitrogens with two attached hydrogens (primary N) is 1. The van der Waals surface area contributed by atoms with Crippen LogP contribution >= 0.6 is 0 Å². The minimum absolute atomic E-state index is 0.142. The highest BCUT2D eigenvalue weighted by atomic mass is 32.2. The van der Waals surface area contributed by atoms with Crippen LogP contribution < -0.4 is 10.5 Å². The van der Waals surface area contributed by atoms with Crippen molar-refractivity contribution < 1.29 is 13.2 Å². The molecular formula is C15H24N2O3S. The van der Waals surface area contributed by atoms with Gasteiger partial charge in [0.15, 0.2) is 0 Å². The molecule has 5 nitrogen and oxygen atoms in total. The molecule has 0 bridgehead atoms. The van der Waals surface area contributed by atoms with Crippen molar-refractivity contribution in [2.45, 2.75) is 56.7 Å². The van der Waals surface area contributed by atoms with Crippen LogP contribution in [0.5, 0.6) is 0 Å². The molecule has 1 fully saturated rings. The zero-order valence-electron chi connectivity index (χ0n) is 12.8. The number of hydrogen-bond acceptors (Lipinski definition) is 4. The van der Waals surface area contributed by atoms with E-state index in [0.29, 0.717) is 19.6 Å². The molecule has 118 valence electrons. The number of sulfonamides is 1. The molecule has 21 heavy (non-hydrogen) atoms. The van der Waals surface area contributed by atoms with Gasteiger partial charge >= 0.3 is 0 Å². The van der Waals surface area contributed by atoms with E-state index in [0.717, 1.165) is 17.5 Å². The molecule has 1 aliphatic heterocycles. The third kappa shape index (κ3) is 3.29. The van der Waals surface area contributed by atoms with Crippen LogP contribution in [0.2, 0.25) is 0 Å². The van der Waals surface area contributed by atoms with Crippen LogP contribution in [0.4, 0.5) is 0 Å². The average molecular weight is 312 g/mol. The number of rotatable bonds is 5. The largest absolute Gasteiger partial charge is 0.376 e. The van der Waals surface area contributed by atoms with Crippen LogP contribution in [0.1, 0.15) is 38.3 Å². The second-order valence-electron chi connectivity index (χ2n) is 5.77. The van der Waals surface area contributed by atoms with E-state index in [1.54, 1.807) is 12.1 Å². The van der Waals surface area contributed by atoms with Crippen molar-refractivity contribution in [3.8, 4) is 0 Å². The quantitative estimate of drug-likeness (QED) is 0.864. The lowest BCUT2D eigenvalue weighted by Crippen LogP contribution is -2.50. The van der Waals surface area contributed by atoms with Gasteiger partial charge in [0.2, 0.25) is 10.0 Å². The van der Waals surface area contributed by atoms with Crippen LogP contribution in [0.3, 0.4) is 0 Å². The molecule has 0 aromatic heterocycles. The van der Waals surface area contributed by atoms with Gasteiger partial charge in [-0.2, -0.15) is 0 Å². The average Bonchev–Trinajstić information content (AvgIpc) is 2.76. The monoisotopic (exact) mass is 312 g/mol. The lowest BCUT2D eigenvalue weighted by atomic mass is 9.97. The third-order valence-corrected chi connectivity index (χ3v) is 5.95. The second kappa shape index (κ2) is 6.04. The fourth-order valence-electron chi connectivity index (χ4n) is 2.64. The highest BCUT2D eigenvalue weighted by molar-refractivity contribution is 7.89. The molecule has 1 saturated heterocycles. The van der Waals surface area contributed by atoms with Gasteiger partial charge in [0.1, 0.15) is 0 Å². The van der Waals surface area contributed by atoms with Crippen LogP contribution in [0, 0.1) is 0 Å². The normalized spacial score (nSPS) is 26.2. The summed E-state index contributed by atoms with van der Waals surface area (Å²) >= 11 is 0. The van der Waals surface area contributed by atoms with Gasteiger partial charge in [0.05, 0.1) is 16.5 Å². The predicted molar refractivity (Wildman–Crippen MR) is 82.5 cm³/mol. The first-order chi connectivity index (χ1) is 9.82. The zero-order chi connectivity index (χ0) is 15.7. The Morgan fingerprint density at radius 1 is 1.43 bits per heavy atom. The summed E-state index contributed by atoms with van der Waals surface area (Å²) in [4.78, 5) is 0.264. The van der Waals surface area contributed by atoms with Crippen molar-refractivity contribution in [2.24, 2.45) is 5.73 Å². The highest BCUT2D eigenvalue weighted by Crippen LogP contribution is 2.27. The molecule has 1 aliphatic rings. The van der Waals surface area contributed by atoms with Crippen molar-refractivity contribution in [3.63, 3.8) is 0 Å². The van der Waals surface area contributed by atoms with E-state index in [-0.39, 0.29) is 11.0 Å². The van der Waals surface area contributed by atoms with Gasteiger partial charge < -0.3 is 10.5 Å². The molecule has 0 aliphatic carbocycles. The summed E-state index contributed by atoms with van der Waals surface area (Å²) in [6.45, 7) is 6.71. The fraction of sp³-hybridized carbons (Fsp3) is 0.600. The number of ether oxygens (including phenoxy) is 1. The van der Waals surface area contributed by atoms with Crippen molar-refractivity contribution in [2.75, 3.05) is 6.61 Å². The summed E-state index contributed by atoms with van der Waals surface area (Å²) in [5.41, 5.74) is 7.11. The molecule has 6 heteroatoms. The first-order valence-corrected chi connectivity index (χ1v) is 8.78. The maximum Gasteiger partial charge on any atom is 0.241 e. The standard InChI is InChI=1S/C15H24N2O3S/c1-4-12-5-6-14(9-13(12)10-16)21(18,19)17-15(3)7-8-20-11(15)2/h5-6,9,11,17H,4,7-8,10,16H2,1-3H3. The Morgan fingerprint density at radius 2 is 2.14 bits per heavy atom. The third-order valence-electron chi connectivity index (χ3n) is 4.34. The minimum atomic E-state index is -3.58. The first-order valence-electron chi connectivity index (χ1n) is 7.30. The van der Waals surface area contributed by atoms with Crippen LogP contribution in [0.25, 0.3) is 0 Å². The Bertz CT molecular complexity index is 615. The molecule has 0 spiro atoms. The Morgan fingerprint density at radius 3 is 2.67 bits per heavy atom. The van der Waals surface area contributed by atoms with Gasteiger partial charge in [0, 0.05) is 13.2 Å². The Hall–Kier alpha value is -0.950.